The Bertz CT molecular complexity index is 483. The van der Waals surface area contributed by atoms with Gasteiger partial charge in [0.15, 0.2) is 0 Å². The fourth-order valence-corrected chi connectivity index (χ4v) is 8.92. The molecule has 0 aromatic heterocycles. The third-order valence-corrected chi connectivity index (χ3v) is 12.0. The van der Waals surface area contributed by atoms with Crippen LogP contribution >= 0.6 is 0 Å². The summed E-state index contributed by atoms with van der Waals surface area (Å²) in [5.41, 5.74) is 0. The second kappa shape index (κ2) is 32.7. The van der Waals surface area contributed by atoms with Crippen molar-refractivity contribution in [2.45, 2.75) is 188 Å². The summed E-state index contributed by atoms with van der Waals surface area (Å²) in [5, 5.41) is 0. The third kappa shape index (κ3) is 26.7. The van der Waals surface area contributed by atoms with Crippen molar-refractivity contribution in [2.24, 2.45) is 0 Å². The lowest BCUT2D eigenvalue weighted by Gasteiger charge is -2.36. The predicted octanol–water partition coefficient (Wildman–Crippen LogP) is 8.50. The highest BCUT2D eigenvalue weighted by molar-refractivity contribution is 6.60. The van der Waals surface area contributed by atoms with Crippen molar-refractivity contribution in [1.29, 1.82) is 0 Å². The van der Waals surface area contributed by atoms with Gasteiger partial charge in [0.25, 0.3) is 0 Å². The number of halogens is 1. The van der Waals surface area contributed by atoms with E-state index in [4.69, 9.17) is 13.3 Å². The van der Waals surface area contributed by atoms with Crippen LogP contribution in [-0.4, -0.2) is 59.8 Å². The van der Waals surface area contributed by atoms with Gasteiger partial charge in [-0.15, -0.1) is 0 Å². The van der Waals surface area contributed by atoms with Gasteiger partial charge in [0.05, 0.1) is 26.7 Å². The first kappa shape index (κ1) is 44.5. The molecule has 0 amide bonds. The van der Waals surface area contributed by atoms with Gasteiger partial charge in [0.1, 0.15) is 0 Å². The normalized spacial score (nSPS) is 12.1. The molecule has 0 aliphatic carbocycles. The molecule has 42 heavy (non-hydrogen) atoms. The third-order valence-electron chi connectivity index (χ3n) is 8.88. The van der Waals surface area contributed by atoms with Crippen molar-refractivity contribution in [3.05, 3.63) is 0 Å². The molecule has 0 radical (unpaired) electrons. The van der Waals surface area contributed by atoms with E-state index in [0.717, 1.165) is 12.5 Å². The Labute approximate surface area is 273 Å². The van der Waals surface area contributed by atoms with Gasteiger partial charge in [-0.2, -0.15) is 0 Å². The van der Waals surface area contributed by atoms with Crippen LogP contribution in [0.5, 0.6) is 0 Å². The predicted molar refractivity (Wildman–Crippen MR) is 184 cm³/mol. The Hall–Kier alpha value is 0.347. The second-order valence-electron chi connectivity index (χ2n) is 12.9. The Morgan fingerprint density at radius 3 is 0.929 bits per heavy atom. The molecule has 0 saturated carbocycles. The molecule has 256 valence electrons. The highest BCUT2D eigenvalue weighted by Gasteiger charge is 2.40. The van der Waals surface area contributed by atoms with Gasteiger partial charge >= 0.3 is 8.80 Å². The summed E-state index contributed by atoms with van der Waals surface area (Å²) < 4.78 is 19.7. The zero-order valence-corrected chi connectivity index (χ0v) is 31.5. The van der Waals surface area contributed by atoms with Crippen LogP contribution in [0.3, 0.4) is 0 Å². The van der Waals surface area contributed by atoms with E-state index < -0.39 is 8.80 Å². The molecule has 6 heteroatoms. The molecule has 0 rings (SSSR count). The van der Waals surface area contributed by atoms with Crippen molar-refractivity contribution in [3.8, 4) is 0 Å². The molecule has 0 N–H and O–H groups in total. The van der Waals surface area contributed by atoms with E-state index in [1.165, 1.54) is 165 Å². The van der Waals surface area contributed by atoms with Crippen molar-refractivity contribution < 1.29 is 30.2 Å². The maximum atomic E-state index is 6.16. The molecule has 4 nitrogen and oxygen atoms in total. The maximum Gasteiger partial charge on any atom is 0.501 e. The minimum atomic E-state index is -2.54. The zero-order chi connectivity index (χ0) is 30.3. The summed E-state index contributed by atoms with van der Waals surface area (Å²) in [5.74, 6) is 0. The summed E-state index contributed by atoms with van der Waals surface area (Å²) in [6, 6.07) is 0.951. The lowest BCUT2D eigenvalue weighted by atomic mass is 10.0. The average Bonchev–Trinajstić information content (AvgIpc) is 2.95. The fourth-order valence-electron chi connectivity index (χ4n) is 6.33. The molecular formula is C36H78ClNO3Si. The maximum absolute atomic E-state index is 6.16. The number of rotatable bonds is 34. The number of quaternary nitrogens is 1. The van der Waals surface area contributed by atoms with E-state index in [-0.39, 0.29) is 12.4 Å². The van der Waals surface area contributed by atoms with Crippen LogP contribution < -0.4 is 12.4 Å². The molecule has 0 bridgehead atoms. The summed E-state index contributed by atoms with van der Waals surface area (Å²) >= 11 is 0. The number of hydrogen-bond donors (Lipinski definition) is 0. The molecule has 0 aromatic rings. The first-order chi connectivity index (χ1) is 20.0. The molecule has 0 spiro atoms. The van der Waals surface area contributed by atoms with Gasteiger partial charge in [0.2, 0.25) is 0 Å². The summed E-state index contributed by atoms with van der Waals surface area (Å²) in [7, 11) is -0.0152. The van der Waals surface area contributed by atoms with Crippen molar-refractivity contribution in [1.82, 2.24) is 0 Å². The van der Waals surface area contributed by atoms with E-state index >= 15 is 0 Å². The Balaban J connectivity index is 0. The van der Waals surface area contributed by atoms with E-state index in [0.29, 0.717) is 19.8 Å². The molecule has 0 aromatic carbocycles. The number of hydrogen-bond acceptors (Lipinski definition) is 3. The molecule has 0 saturated heterocycles. The van der Waals surface area contributed by atoms with Gasteiger partial charge in [-0.25, -0.2) is 0 Å². The van der Waals surface area contributed by atoms with Crippen molar-refractivity contribution in [2.75, 3.05) is 46.5 Å². The van der Waals surface area contributed by atoms with E-state index in [2.05, 4.69) is 41.7 Å². The number of unbranched alkanes of at least 4 members (excludes halogenated alkanes) is 20. The minimum absolute atomic E-state index is 0. The lowest BCUT2D eigenvalue weighted by molar-refractivity contribution is -0.910. The molecule has 0 aliphatic rings. The van der Waals surface area contributed by atoms with Crippen LogP contribution in [0.1, 0.15) is 182 Å². The largest absolute Gasteiger partial charge is 1.00 e. The molecule has 0 heterocycles. The quantitative estimate of drug-likeness (QED) is 0.0403. The monoisotopic (exact) mass is 636 g/mol. The first-order valence-electron chi connectivity index (χ1n) is 18.8. The SMILES string of the molecule is CCCCCCCCCCCCC[N+](C)(CCCCCCCCCCCCC)CCC[Si](OCC)(OCC)OCC.[Cl-]. The minimum Gasteiger partial charge on any atom is -1.00 e. The Kier molecular flexibility index (Phi) is 34.7. The van der Waals surface area contributed by atoms with Crippen LogP contribution in [0.15, 0.2) is 0 Å². The molecular weight excluding hydrogens is 558 g/mol. The van der Waals surface area contributed by atoms with Crippen LogP contribution in [0.4, 0.5) is 0 Å². The highest BCUT2D eigenvalue weighted by atomic mass is 35.5. The smallest absolute Gasteiger partial charge is 0.501 e. The standard InChI is InChI=1S/C36H78NO3Si.ClH/c1-7-12-14-16-18-20-22-24-26-28-30-33-37(6,34-31-29-27-25-23-21-19-17-15-13-8-2)35-32-36-41(38-9-3,39-10-4)40-11-5;/h7-36H2,1-6H3;1H/q+1;/p-1. The van der Waals surface area contributed by atoms with Crippen LogP contribution in [0.2, 0.25) is 6.04 Å². The van der Waals surface area contributed by atoms with Gasteiger partial charge in [-0.05, 0) is 46.5 Å². The van der Waals surface area contributed by atoms with Crippen LogP contribution in [0, 0.1) is 0 Å². The van der Waals surface area contributed by atoms with Gasteiger partial charge < -0.3 is 30.2 Å². The molecule has 0 unspecified atom stereocenters. The lowest BCUT2D eigenvalue weighted by Crippen LogP contribution is -3.00. The van der Waals surface area contributed by atoms with Gasteiger partial charge in [-0.3, -0.25) is 0 Å². The van der Waals surface area contributed by atoms with Crippen LogP contribution in [0.25, 0.3) is 0 Å². The van der Waals surface area contributed by atoms with E-state index in [1.54, 1.807) is 0 Å². The summed E-state index contributed by atoms with van der Waals surface area (Å²) in [6.07, 6.45) is 32.4. The second-order valence-corrected chi connectivity index (χ2v) is 15.7. The molecule has 0 fully saturated rings. The Morgan fingerprint density at radius 1 is 0.381 bits per heavy atom. The first-order valence-corrected chi connectivity index (χ1v) is 20.7. The summed E-state index contributed by atoms with van der Waals surface area (Å²) in [6.45, 7) is 16.7. The number of nitrogens with zero attached hydrogens (tertiary/aromatic N) is 1. The zero-order valence-electron chi connectivity index (χ0n) is 29.8. The molecule has 0 aliphatic heterocycles. The van der Waals surface area contributed by atoms with Gasteiger partial charge in [0, 0.05) is 32.3 Å². The van der Waals surface area contributed by atoms with Crippen LogP contribution in [-0.2, 0) is 13.3 Å². The fraction of sp³-hybridized carbons (Fsp3) is 1.00. The van der Waals surface area contributed by atoms with E-state index in [9.17, 15) is 0 Å². The van der Waals surface area contributed by atoms with Crippen molar-refractivity contribution >= 4 is 8.80 Å². The molecule has 0 atom stereocenters. The van der Waals surface area contributed by atoms with Crippen molar-refractivity contribution in [3.63, 3.8) is 0 Å². The average molecular weight is 637 g/mol. The van der Waals surface area contributed by atoms with Gasteiger partial charge in [-0.1, -0.05) is 129 Å². The van der Waals surface area contributed by atoms with E-state index in [1.807, 2.05) is 0 Å². The Morgan fingerprint density at radius 2 is 0.643 bits per heavy atom. The highest BCUT2D eigenvalue weighted by Crippen LogP contribution is 2.22. The summed E-state index contributed by atoms with van der Waals surface area (Å²) in [4.78, 5) is 0. The topological polar surface area (TPSA) is 27.7 Å².